The summed E-state index contributed by atoms with van der Waals surface area (Å²) in [6, 6.07) is 15.5. The van der Waals surface area contributed by atoms with Crippen molar-refractivity contribution in [3.05, 3.63) is 59.7 Å². The number of benzene rings is 2. The van der Waals surface area contributed by atoms with Crippen LogP contribution in [0.15, 0.2) is 48.5 Å². The SMILES string of the molecule is COCC1CN(C(c2ccc(C)cc2)C(C=O)Nc2ccccc2N)C1. The number of para-hydroxylation sites is 2. The van der Waals surface area contributed by atoms with Gasteiger partial charge in [-0.25, -0.2) is 0 Å². The number of anilines is 2. The Balaban J connectivity index is 1.84. The molecule has 0 amide bonds. The van der Waals surface area contributed by atoms with E-state index in [9.17, 15) is 4.79 Å². The molecule has 0 saturated carbocycles. The Hall–Kier alpha value is -2.37. The van der Waals surface area contributed by atoms with Gasteiger partial charge in [-0.1, -0.05) is 42.0 Å². The quantitative estimate of drug-likeness (QED) is 0.564. The summed E-state index contributed by atoms with van der Waals surface area (Å²) in [5.41, 5.74) is 9.82. The molecule has 26 heavy (non-hydrogen) atoms. The van der Waals surface area contributed by atoms with Gasteiger partial charge in [-0.3, -0.25) is 4.90 Å². The summed E-state index contributed by atoms with van der Waals surface area (Å²) in [5.74, 6) is 0.516. The summed E-state index contributed by atoms with van der Waals surface area (Å²) in [6.07, 6.45) is 0.987. The molecule has 1 saturated heterocycles. The number of aldehydes is 1. The van der Waals surface area contributed by atoms with E-state index in [1.165, 1.54) is 5.56 Å². The van der Waals surface area contributed by atoms with Gasteiger partial charge in [0.1, 0.15) is 12.3 Å². The van der Waals surface area contributed by atoms with E-state index in [2.05, 4.69) is 41.4 Å². The van der Waals surface area contributed by atoms with E-state index >= 15 is 0 Å². The van der Waals surface area contributed by atoms with E-state index in [4.69, 9.17) is 10.5 Å². The highest BCUT2D eigenvalue weighted by atomic mass is 16.5. The second-order valence-electron chi connectivity index (χ2n) is 7.02. The van der Waals surface area contributed by atoms with Gasteiger partial charge >= 0.3 is 0 Å². The molecule has 0 aromatic heterocycles. The first-order valence-electron chi connectivity index (χ1n) is 8.98. The molecule has 0 aliphatic carbocycles. The van der Waals surface area contributed by atoms with Crippen LogP contribution in [0.1, 0.15) is 17.2 Å². The number of methoxy groups -OCH3 is 1. The van der Waals surface area contributed by atoms with Crippen LogP contribution in [0.2, 0.25) is 0 Å². The van der Waals surface area contributed by atoms with Crippen LogP contribution in [-0.4, -0.2) is 44.0 Å². The first kappa shape index (κ1) is 18.4. The molecule has 1 heterocycles. The normalized spacial score (nSPS) is 17.3. The van der Waals surface area contributed by atoms with Crippen molar-refractivity contribution >= 4 is 17.7 Å². The topological polar surface area (TPSA) is 67.6 Å². The van der Waals surface area contributed by atoms with Crippen molar-refractivity contribution < 1.29 is 9.53 Å². The van der Waals surface area contributed by atoms with Crippen LogP contribution < -0.4 is 11.1 Å². The Bertz CT molecular complexity index is 726. The number of aryl methyl sites for hydroxylation is 1. The molecule has 138 valence electrons. The Morgan fingerprint density at radius 1 is 1.23 bits per heavy atom. The van der Waals surface area contributed by atoms with Crippen molar-refractivity contribution in [1.29, 1.82) is 0 Å². The van der Waals surface area contributed by atoms with Crippen molar-refractivity contribution in [1.82, 2.24) is 4.90 Å². The van der Waals surface area contributed by atoms with Crippen LogP contribution in [0.5, 0.6) is 0 Å². The smallest absolute Gasteiger partial charge is 0.144 e. The van der Waals surface area contributed by atoms with Crippen molar-refractivity contribution in [2.75, 3.05) is 37.9 Å². The number of hydrogen-bond acceptors (Lipinski definition) is 5. The number of hydrogen-bond donors (Lipinski definition) is 2. The van der Waals surface area contributed by atoms with Crippen LogP contribution in [0.25, 0.3) is 0 Å². The van der Waals surface area contributed by atoms with Gasteiger partial charge in [-0.15, -0.1) is 0 Å². The van der Waals surface area contributed by atoms with Gasteiger partial charge in [-0.05, 0) is 24.6 Å². The first-order chi connectivity index (χ1) is 12.6. The van der Waals surface area contributed by atoms with Gasteiger partial charge in [0, 0.05) is 26.1 Å². The minimum atomic E-state index is -0.383. The largest absolute Gasteiger partial charge is 0.397 e. The zero-order valence-electron chi connectivity index (χ0n) is 15.4. The van der Waals surface area contributed by atoms with Gasteiger partial charge in [0.15, 0.2) is 0 Å². The van der Waals surface area contributed by atoms with Crippen LogP contribution in [0.3, 0.4) is 0 Å². The molecule has 2 aromatic carbocycles. The maximum atomic E-state index is 12.0. The number of likely N-dealkylation sites (tertiary alicyclic amines) is 1. The molecule has 2 atom stereocenters. The highest BCUT2D eigenvalue weighted by molar-refractivity contribution is 5.73. The van der Waals surface area contributed by atoms with Crippen molar-refractivity contribution in [3.63, 3.8) is 0 Å². The summed E-state index contributed by atoms with van der Waals surface area (Å²) in [6.45, 7) is 4.66. The average molecular weight is 353 g/mol. The molecule has 1 aliphatic rings. The number of nitrogens with two attached hydrogens (primary N) is 1. The van der Waals surface area contributed by atoms with Gasteiger partial charge < -0.3 is 20.6 Å². The molecule has 2 unspecified atom stereocenters. The lowest BCUT2D eigenvalue weighted by Crippen LogP contribution is -2.54. The van der Waals surface area contributed by atoms with E-state index < -0.39 is 0 Å². The van der Waals surface area contributed by atoms with Crippen LogP contribution in [0, 0.1) is 12.8 Å². The fourth-order valence-electron chi connectivity index (χ4n) is 3.58. The predicted octanol–water partition coefficient (Wildman–Crippen LogP) is 2.88. The minimum Gasteiger partial charge on any atom is -0.397 e. The average Bonchev–Trinajstić information content (AvgIpc) is 2.61. The molecule has 0 bridgehead atoms. The molecular weight excluding hydrogens is 326 g/mol. The van der Waals surface area contributed by atoms with Crippen molar-refractivity contribution in [3.8, 4) is 0 Å². The standard InChI is InChI=1S/C21H27N3O2/c1-15-7-9-17(10-8-15)21(24-11-16(12-24)14-26-2)20(13-25)23-19-6-4-3-5-18(19)22/h3-10,13,16,20-21,23H,11-12,14,22H2,1-2H3. The Morgan fingerprint density at radius 2 is 1.92 bits per heavy atom. The van der Waals surface area contributed by atoms with E-state index in [0.717, 1.165) is 37.2 Å². The maximum absolute atomic E-state index is 12.0. The first-order valence-corrected chi connectivity index (χ1v) is 8.98. The molecule has 0 spiro atoms. The predicted molar refractivity (Wildman–Crippen MR) is 105 cm³/mol. The highest BCUT2D eigenvalue weighted by Crippen LogP contribution is 2.33. The van der Waals surface area contributed by atoms with E-state index in [0.29, 0.717) is 11.6 Å². The van der Waals surface area contributed by atoms with Crippen LogP contribution in [0.4, 0.5) is 11.4 Å². The molecule has 5 nitrogen and oxygen atoms in total. The number of ether oxygens (including phenoxy) is 1. The Kier molecular flexibility index (Phi) is 5.91. The highest BCUT2D eigenvalue weighted by Gasteiger charge is 2.37. The summed E-state index contributed by atoms with van der Waals surface area (Å²) in [4.78, 5) is 14.3. The fraction of sp³-hybridized carbons (Fsp3) is 0.381. The van der Waals surface area contributed by atoms with E-state index in [1.54, 1.807) is 7.11 Å². The molecule has 1 aliphatic heterocycles. The summed E-state index contributed by atoms with van der Waals surface area (Å²) in [7, 11) is 1.73. The molecular formula is C21H27N3O2. The van der Waals surface area contributed by atoms with Gasteiger partial charge in [0.05, 0.1) is 24.0 Å². The number of carbonyl (C=O) groups excluding carboxylic acids is 1. The number of nitrogens with zero attached hydrogens (tertiary/aromatic N) is 1. The number of nitrogen functional groups attached to an aromatic ring is 1. The summed E-state index contributed by atoms with van der Waals surface area (Å²) in [5, 5.41) is 3.34. The second-order valence-corrected chi connectivity index (χ2v) is 7.02. The zero-order valence-corrected chi connectivity index (χ0v) is 15.4. The van der Waals surface area contributed by atoms with E-state index in [1.807, 2.05) is 24.3 Å². The van der Waals surface area contributed by atoms with Crippen molar-refractivity contribution in [2.45, 2.75) is 19.0 Å². The lowest BCUT2D eigenvalue weighted by molar-refractivity contribution is -0.111. The Labute approximate surface area is 155 Å². The lowest BCUT2D eigenvalue weighted by atomic mass is 9.90. The van der Waals surface area contributed by atoms with Crippen LogP contribution in [-0.2, 0) is 9.53 Å². The molecule has 5 heteroatoms. The van der Waals surface area contributed by atoms with Gasteiger partial charge in [0.25, 0.3) is 0 Å². The molecule has 1 fully saturated rings. The molecule has 0 radical (unpaired) electrons. The fourth-order valence-corrected chi connectivity index (χ4v) is 3.58. The summed E-state index contributed by atoms with van der Waals surface area (Å²) >= 11 is 0. The second kappa shape index (κ2) is 8.34. The monoisotopic (exact) mass is 353 g/mol. The van der Waals surface area contributed by atoms with Gasteiger partial charge in [0.2, 0.25) is 0 Å². The number of nitrogens with one attached hydrogen (secondary N) is 1. The summed E-state index contributed by atoms with van der Waals surface area (Å²) < 4.78 is 5.27. The lowest BCUT2D eigenvalue weighted by Gasteiger charge is -2.46. The minimum absolute atomic E-state index is 0.0409. The van der Waals surface area contributed by atoms with Crippen molar-refractivity contribution in [2.24, 2.45) is 5.92 Å². The molecule has 2 aromatic rings. The Morgan fingerprint density at radius 3 is 2.54 bits per heavy atom. The van der Waals surface area contributed by atoms with Crippen LogP contribution >= 0.6 is 0 Å². The molecule has 3 rings (SSSR count). The maximum Gasteiger partial charge on any atom is 0.144 e. The number of carbonyl (C=O) groups is 1. The third-order valence-electron chi connectivity index (χ3n) is 4.97. The van der Waals surface area contributed by atoms with E-state index in [-0.39, 0.29) is 12.1 Å². The number of rotatable bonds is 8. The third kappa shape index (κ3) is 4.06. The third-order valence-corrected chi connectivity index (χ3v) is 4.97. The van der Waals surface area contributed by atoms with Gasteiger partial charge in [-0.2, -0.15) is 0 Å². The molecule has 3 N–H and O–H groups in total. The zero-order chi connectivity index (χ0) is 18.5.